The van der Waals surface area contributed by atoms with Gasteiger partial charge in [-0.05, 0) is 36.8 Å². The number of nitrogens with zero attached hydrogens (tertiary/aromatic N) is 2. The number of aryl methyl sites for hydroxylation is 1. The molecule has 3 rings (SSSR count). The zero-order valence-electron chi connectivity index (χ0n) is 17.5. The molecule has 2 aromatic carbocycles. The molecule has 0 bridgehead atoms. The average molecular weight is 436 g/mol. The van der Waals surface area contributed by atoms with Crippen LogP contribution in [0.1, 0.15) is 12.5 Å². The molecule has 9 nitrogen and oxygen atoms in total. The molecule has 0 spiro atoms. The minimum atomic E-state index is -3.84. The van der Waals surface area contributed by atoms with Crippen molar-refractivity contribution >= 4 is 21.1 Å². The van der Waals surface area contributed by atoms with Crippen molar-refractivity contribution in [3.8, 4) is 17.2 Å². The summed E-state index contributed by atoms with van der Waals surface area (Å²) in [6, 6.07) is 7.78. The van der Waals surface area contributed by atoms with E-state index >= 15 is 0 Å². The molecule has 0 saturated carbocycles. The van der Waals surface area contributed by atoms with Gasteiger partial charge in [-0.3, -0.25) is 4.57 Å². The number of benzene rings is 2. The van der Waals surface area contributed by atoms with E-state index in [-0.39, 0.29) is 17.0 Å². The number of aromatic nitrogens is 1. The van der Waals surface area contributed by atoms with E-state index in [0.29, 0.717) is 34.9 Å². The van der Waals surface area contributed by atoms with Gasteiger partial charge in [0, 0.05) is 26.2 Å². The monoisotopic (exact) mass is 436 g/mol. The molecular weight excluding hydrogens is 412 g/mol. The lowest BCUT2D eigenvalue weighted by atomic mass is 10.2. The first-order chi connectivity index (χ1) is 14.3. The Morgan fingerprint density at radius 3 is 2.20 bits per heavy atom. The summed E-state index contributed by atoms with van der Waals surface area (Å²) in [4.78, 5) is 11.9. The summed E-state index contributed by atoms with van der Waals surface area (Å²) in [5.41, 5.74) is 1.43. The normalized spacial score (nSPS) is 11.8. The third-order valence-electron chi connectivity index (χ3n) is 4.79. The van der Waals surface area contributed by atoms with Crippen LogP contribution in [0.15, 0.2) is 44.4 Å². The summed E-state index contributed by atoms with van der Waals surface area (Å²) in [6.45, 7) is 2.31. The molecule has 0 aliphatic rings. The first-order valence-corrected chi connectivity index (χ1v) is 10.6. The fourth-order valence-electron chi connectivity index (χ4n) is 3.26. The highest BCUT2D eigenvalue weighted by atomic mass is 32.2. The van der Waals surface area contributed by atoms with Crippen LogP contribution in [0.25, 0.3) is 11.1 Å². The third kappa shape index (κ3) is 3.75. The van der Waals surface area contributed by atoms with Crippen molar-refractivity contribution in [2.45, 2.75) is 24.9 Å². The summed E-state index contributed by atoms with van der Waals surface area (Å²) in [6.07, 6.45) is 0. The third-order valence-corrected chi connectivity index (χ3v) is 6.59. The minimum absolute atomic E-state index is 0.0296. The van der Waals surface area contributed by atoms with Crippen LogP contribution in [0, 0.1) is 0 Å². The fourth-order valence-corrected chi connectivity index (χ4v) is 4.43. The maximum atomic E-state index is 13.1. The Morgan fingerprint density at radius 1 is 1.03 bits per heavy atom. The number of methoxy groups -OCH3 is 3. The highest BCUT2D eigenvalue weighted by molar-refractivity contribution is 7.89. The highest BCUT2D eigenvalue weighted by Gasteiger charge is 2.24. The zero-order chi connectivity index (χ0) is 22.1. The smallest absolute Gasteiger partial charge is 0.419 e. The van der Waals surface area contributed by atoms with Gasteiger partial charge in [-0.25, -0.2) is 13.2 Å². The number of hydrogen-bond acceptors (Lipinski definition) is 7. The topological polar surface area (TPSA) is 100 Å². The van der Waals surface area contributed by atoms with E-state index in [9.17, 15) is 13.2 Å². The van der Waals surface area contributed by atoms with Gasteiger partial charge in [-0.2, -0.15) is 4.31 Å². The SMILES string of the molecule is CCn1c(=O)oc2cc(S(=O)(=O)N(C)Cc3cc(OC)c(OC)c(OC)c3)ccc21. The number of hydrogen-bond donors (Lipinski definition) is 0. The number of oxazole rings is 1. The van der Waals surface area contributed by atoms with Gasteiger partial charge in [0.05, 0.1) is 31.7 Å². The molecule has 1 heterocycles. The number of rotatable bonds is 8. The molecule has 0 N–H and O–H groups in total. The quantitative estimate of drug-likeness (QED) is 0.535. The molecule has 10 heteroatoms. The van der Waals surface area contributed by atoms with Crippen molar-refractivity contribution in [3.05, 3.63) is 46.4 Å². The summed E-state index contributed by atoms with van der Waals surface area (Å²) in [7, 11) is 2.11. The van der Waals surface area contributed by atoms with Gasteiger partial charge in [-0.1, -0.05) is 0 Å². The van der Waals surface area contributed by atoms with Gasteiger partial charge in [0.15, 0.2) is 17.1 Å². The van der Waals surface area contributed by atoms with Crippen LogP contribution in [0.5, 0.6) is 17.2 Å². The Kier molecular flexibility index (Phi) is 6.09. The number of fused-ring (bicyclic) bond motifs is 1. The second kappa shape index (κ2) is 8.41. The Morgan fingerprint density at radius 2 is 1.67 bits per heavy atom. The van der Waals surface area contributed by atoms with Crippen molar-refractivity contribution in [2.24, 2.45) is 0 Å². The summed E-state index contributed by atoms with van der Waals surface area (Å²) >= 11 is 0. The molecule has 0 aliphatic carbocycles. The van der Waals surface area contributed by atoms with Crippen LogP contribution >= 0.6 is 0 Å². The first kappa shape index (κ1) is 21.7. The van der Waals surface area contributed by atoms with Crippen molar-refractivity contribution in [2.75, 3.05) is 28.4 Å². The molecule has 0 unspecified atom stereocenters. The molecule has 3 aromatic rings. The van der Waals surface area contributed by atoms with Gasteiger partial charge in [0.1, 0.15) is 0 Å². The average Bonchev–Trinajstić information content (AvgIpc) is 3.06. The van der Waals surface area contributed by atoms with E-state index in [4.69, 9.17) is 18.6 Å². The molecule has 1 aromatic heterocycles. The largest absolute Gasteiger partial charge is 0.493 e. The van der Waals surface area contributed by atoms with E-state index in [2.05, 4.69) is 0 Å². The van der Waals surface area contributed by atoms with Crippen LogP contribution in [0.3, 0.4) is 0 Å². The minimum Gasteiger partial charge on any atom is -0.493 e. The highest BCUT2D eigenvalue weighted by Crippen LogP contribution is 2.38. The van der Waals surface area contributed by atoms with Crippen LogP contribution in [-0.4, -0.2) is 45.7 Å². The molecule has 30 heavy (non-hydrogen) atoms. The van der Waals surface area contributed by atoms with Crippen LogP contribution in [0.4, 0.5) is 0 Å². The Bertz CT molecular complexity index is 1200. The van der Waals surface area contributed by atoms with Crippen LogP contribution in [0.2, 0.25) is 0 Å². The predicted octanol–water partition coefficient (Wildman–Crippen LogP) is 2.46. The van der Waals surface area contributed by atoms with Crippen molar-refractivity contribution in [3.63, 3.8) is 0 Å². The predicted molar refractivity (Wildman–Crippen MR) is 111 cm³/mol. The summed E-state index contributed by atoms with van der Waals surface area (Å²) in [5.74, 6) is 0.770. The van der Waals surface area contributed by atoms with Gasteiger partial charge in [0.25, 0.3) is 0 Å². The van der Waals surface area contributed by atoms with E-state index in [1.807, 2.05) is 6.92 Å². The summed E-state index contributed by atoms with van der Waals surface area (Å²) in [5, 5.41) is 0. The van der Waals surface area contributed by atoms with Crippen molar-refractivity contribution < 1.29 is 27.0 Å². The molecule has 0 amide bonds. The van der Waals surface area contributed by atoms with E-state index in [1.54, 1.807) is 18.2 Å². The van der Waals surface area contributed by atoms with Crippen LogP contribution < -0.4 is 20.0 Å². The second-order valence-electron chi connectivity index (χ2n) is 6.54. The molecule has 162 valence electrons. The standard InChI is InChI=1S/C20H24N2O7S/c1-6-22-15-8-7-14(11-16(15)29-20(22)23)30(24,25)21(2)12-13-9-17(26-3)19(28-5)18(10-13)27-4/h7-11H,6,12H2,1-5H3. The van der Waals surface area contributed by atoms with Gasteiger partial charge >= 0.3 is 5.76 Å². The first-order valence-electron chi connectivity index (χ1n) is 9.15. The molecule has 0 saturated heterocycles. The molecular formula is C20H24N2O7S. The molecule has 0 atom stereocenters. The van der Waals surface area contributed by atoms with Crippen molar-refractivity contribution in [1.82, 2.24) is 8.87 Å². The maximum absolute atomic E-state index is 13.1. The van der Waals surface area contributed by atoms with Gasteiger partial charge in [-0.15, -0.1) is 0 Å². The Hall–Kier alpha value is -2.98. The Balaban J connectivity index is 1.96. The lowest BCUT2D eigenvalue weighted by Gasteiger charge is -2.19. The summed E-state index contributed by atoms with van der Waals surface area (Å²) < 4.78 is 49.9. The molecule has 0 aliphatic heterocycles. The van der Waals surface area contributed by atoms with Crippen LogP contribution in [-0.2, 0) is 23.1 Å². The molecule has 0 fully saturated rings. The van der Waals surface area contributed by atoms with Gasteiger partial charge in [0.2, 0.25) is 15.8 Å². The molecule has 0 radical (unpaired) electrons. The van der Waals surface area contributed by atoms with E-state index in [0.717, 1.165) is 0 Å². The second-order valence-corrected chi connectivity index (χ2v) is 8.58. The lowest BCUT2D eigenvalue weighted by molar-refractivity contribution is 0.323. The van der Waals surface area contributed by atoms with E-state index < -0.39 is 15.8 Å². The fraction of sp³-hybridized carbons (Fsp3) is 0.350. The zero-order valence-corrected chi connectivity index (χ0v) is 18.3. The van der Waals surface area contributed by atoms with Gasteiger partial charge < -0.3 is 18.6 Å². The lowest BCUT2D eigenvalue weighted by Crippen LogP contribution is -2.26. The Labute approximate surface area is 174 Å². The number of ether oxygens (including phenoxy) is 3. The maximum Gasteiger partial charge on any atom is 0.419 e. The van der Waals surface area contributed by atoms with E-state index in [1.165, 1.54) is 49.4 Å². The van der Waals surface area contributed by atoms with Crippen molar-refractivity contribution in [1.29, 1.82) is 0 Å². The number of sulfonamides is 1.